The van der Waals surface area contributed by atoms with Gasteiger partial charge in [-0.25, -0.2) is 0 Å². The van der Waals surface area contributed by atoms with Crippen molar-refractivity contribution in [1.82, 2.24) is 0 Å². The van der Waals surface area contributed by atoms with Gasteiger partial charge in [-0.05, 0) is 32.3 Å². The highest BCUT2D eigenvalue weighted by molar-refractivity contribution is 6.11. The second-order valence-electron chi connectivity index (χ2n) is 8.72. The van der Waals surface area contributed by atoms with Crippen LogP contribution in [0, 0.1) is 17.8 Å². The first-order valence-electron chi connectivity index (χ1n) is 10.3. The third-order valence-electron chi connectivity index (χ3n) is 7.00. The lowest BCUT2D eigenvalue weighted by Crippen LogP contribution is -2.59. The van der Waals surface area contributed by atoms with Gasteiger partial charge in [-0.1, -0.05) is 12.5 Å². The maximum atomic E-state index is 13.3. The number of allylic oxidation sites excluding steroid dienone is 2. The topological polar surface area (TPSA) is 143 Å². The molecule has 2 fully saturated rings. The summed E-state index contributed by atoms with van der Waals surface area (Å²) in [6, 6.07) is 0. The molecule has 30 heavy (non-hydrogen) atoms. The Hall–Kier alpha value is -1.78. The van der Waals surface area contributed by atoms with Crippen LogP contribution in [-0.2, 0) is 23.8 Å². The Morgan fingerprint density at radius 3 is 2.47 bits per heavy atom. The number of fused-ring (bicyclic) bond motifs is 3. The van der Waals surface area contributed by atoms with Gasteiger partial charge in [0.2, 0.25) is 12.1 Å². The summed E-state index contributed by atoms with van der Waals surface area (Å²) in [7, 11) is 0. The number of ketones is 1. The van der Waals surface area contributed by atoms with Gasteiger partial charge >= 0.3 is 5.97 Å². The molecule has 0 amide bonds. The molecule has 4 N–H and O–H groups in total. The second-order valence-corrected chi connectivity index (χ2v) is 8.72. The molecule has 4 rings (SSSR count). The van der Waals surface area contributed by atoms with Crippen molar-refractivity contribution in [2.24, 2.45) is 17.8 Å². The molecule has 0 saturated carbocycles. The first-order chi connectivity index (χ1) is 14.2. The molecular formula is C21H28O9. The summed E-state index contributed by atoms with van der Waals surface area (Å²) in [4.78, 5) is 25.5. The molecule has 2 aliphatic carbocycles. The largest absolute Gasteiger partial charge is 0.461 e. The van der Waals surface area contributed by atoms with Crippen LogP contribution in [0.15, 0.2) is 22.5 Å². The number of Topliss-reactive ketones (excluding diaryl/α,β-unsaturated/α-hetero) is 1. The maximum absolute atomic E-state index is 13.3. The highest BCUT2D eigenvalue weighted by Gasteiger charge is 2.54. The van der Waals surface area contributed by atoms with E-state index >= 15 is 0 Å². The van der Waals surface area contributed by atoms with E-state index in [1.807, 2.05) is 13.8 Å². The van der Waals surface area contributed by atoms with Crippen molar-refractivity contribution in [3.05, 3.63) is 22.5 Å². The molecule has 9 nitrogen and oxygen atoms in total. The van der Waals surface area contributed by atoms with Crippen molar-refractivity contribution < 1.29 is 44.2 Å². The van der Waals surface area contributed by atoms with Crippen molar-refractivity contribution in [3.63, 3.8) is 0 Å². The predicted molar refractivity (Wildman–Crippen MR) is 101 cm³/mol. The van der Waals surface area contributed by atoms with Crippen molar-refractivity contribution in [3.8, 4) is 0 Å². The standard InChI is InChI=1S/C21H28O9/c1-7-4-5-10-8(2)20(27)29-19(10)13-9(3)18(15(24)12(7)13)30-21-17(26)16(25)14(23)11(6-22)28-21/h8,10-11,13-14,16-17,19,21-23,25-26H,4-6H2,1-3H3/t8?,10-,11+,13-,14+,16-,17+,19-,21-/m0/s1. The lowest BCUT2D eigenvalue weighted by atomic mass is 9.81. The minimum Gasteiger partial charge on any atom is -0.461 e. The van der Waals surface area contributed by atoms with Gasteiger partial charge in [0.15, 0.2) is 5.76 Å². The van der Waals surface area contributed by atoms with E-state index in [2.05, 4.69) is 0 Å². The van der Waals surface area contributed by atoms with Gasteiger partial charge in [-0.2, -0.15) is 0 Å². The Morgan fingerprint density at radius 1 is 1.10 bits per heavy atom. The highest BCUT2D eigenvalue weighted by Crippen LogP contribution is 2.50. The number of hydrogen-bond acceptors (Lipinski definition) is 9. The van der Waals surface area contributed by atoms with E-state index in [0.29, 0.717) is 17.6 Å². The predicted octanol–water partition coefficient (Wildman–Crippen LogP) is -0.436. The quantitative estimate of drug-likeness (QED) is 0.444. The Kier molecular flexibility index (Phi) is 5.52. The number of ether oxygens (including phenoxy) is 3. The van der Waals surface area contributed by atoms with Gasteiger partial charge in [0.1, 0.15) is 30.5 Å². The van der Waals surface area contributed by atoms with Gasteiger partial charge in [-0.3, -0.25) is 9.59 Å². The van der Waals surface area contributed by atoms with E-state index in [-0.39, 0.29) is 29.3 Å². The van der Waals surface area contributed by atoms with Gasteiger partial charge in [-0.15, -0.1) is 0 Å². The fourth-order valence-corrected chi connectivity index (χ4v) is 5.13. The molecule has 0 radical (unpaired) electrons. The first kappa shape index (κ1) is 21.5. The first-order valence-corrected chi connectivity index (χ1v) is 10.3. The van der Waals surface area contributed by atoms with Crippen LogP contribution >= 0.6 is 0 Å². The molecule has 0 aromatic carbocycles. The lowest BCUT2D eigenvalue weighted by molar-refractivity contribution is -0.290. The minimum absolute atomic E-state index is 0.00990. The van der Waals surface area contributed by atoms with Gasteiger partial charge < -0.3 is 34.6 Å². The summed E-state index contributed by atoms with van der Waals surface area (Å²) in [5, 5.41) is 39.6. The molecule has 0 bridgehead atoms. The summed E-state index contributed by atoms with van der Waals surface area (Å²) in [5.74, 6) is -1.34. The summed E-state index contributed by atoms with van der Waals surface area (Å²) in [5.41, 5.74) is 2.03. The molecule has 2 aliphatic heterocycles. The van der Waals surface area contributed by atoms with E-state index in [4.69, 9.17) is 14.2 Å². The smallest absolute Gasteiger partial charge is 0.309 e. The van der Waals surface area contributed by atoms with Crippen molar-refractivity contribution in [2.45, 2.75) is 70.4 Å². The monoisotopic (exact) mass is 424 g/mol. The summed E-state index contributed by atoms with van der Waals surface area (Å²) < 4.78 is 16.8. The molecule has 0 aromatic heterocycles. The minimum atomic E-state index is -1.62. The van der Waals surface area contributed by atoms with Crippen molar-refractivity contribution in [2.75, 3.05) is 6.61 Å². The molecule has 9 heteroatoms. The van der Waals surface area contributed by atoms with Crippen LogP contribution in [0.4, 0.5) is 0 Å². The fraction of sp³-hybridized carbons (Fsp3) is 0.714. The average molecular weight is 424 g/mol. The molecule has 9 atom stereocenters. The zero-order valence-corrected chi connectivity index (χ0v) is 17.1. The molecule has 4 aliphatic rings. The van der Waals surface area contributed by atoms with Crippen molar-refractivity contribution in [1.29, 1.82) is 0 Å². The van der Waals surface area contributed by atoms with Crippen LogP contribution in [0.2, 0.25) is 0 Å². The molecule has 2 saturated heterocycles. The van der Waals surface area contributed by atoms with E-state index in [1.54, 1.807) is 6.92 Å². The third-order valence-corrected chi connectivity index (χ3v) is 7.00. The van der Waals surface area contributed by atoms with Crippen LogP contribution in [0.25, 0.3) is 0 Å². The summed E-state index contributed by atoms with van der Waals surface area (Å²) >= 11 is 0. The molecule has 2 heterocycles. The Labute approximate surface area is 173 Å². The lowest BCUT2D eigenvalue weighted by Gasteiger charge is -2.39. The van der Waals surface area contributed by atoms with E-state index in [1.165, 1.54) is 0 Å². The molecular weight excluding hydrogens is 396 g/mol. The molecule has 166 valence electrons. The van der Waals surface area contributed by atoms with Gasteiger partial charge in [0.05, 0.1) is 18.4 Å². The van der Waals surface area contributed by atoms with E-state index < -0.39 is 49.3 Å². The number of hydrogen-bond donors (Lipinski definition) is 4. The zero-order valence-electron chi connectivity index (χ0n) is 17.1. The van der Waals surface area contributed by atoms with Gasteiger partial charge in [0, 0.05) is 11.5 Å². The van der Waals surface area contributed by atoms with Crippen LogP contribution < -0.4 is 0 Å². The number of esters is 1. The van der Waals surface area contributed by atoms with E-state index in [0.717, 1.165) is 12.0 Å². The fourth-order valence-electron chi connectivity index (χ4n) is 5.13. The summed E-state index contributed by atoms with van der Waals surface area (Å²) in [6.07, 6.45) is -6.36. The maximum Gasteiger partial charge on any atom is 0.309 e. The van der Waals surface area contributed by atoms with Crippen LogP contribution in [0.5, 0.6) is 0 Å². The van der Waals surface area contributed by atoms with Crippen LogP contribution in [-0.4, -0.2) is 75.6 Å². The SMILES string of the molecule is CC1=C2C(=O)C(O[C@@H]3O[C@H](CO)[C@@H](O)[C@H](O)[C@H]3O)=C(C)[C@@H]2[C@H]2OC(=O)C(C)[C@@H]2CC1. The second kappa shape index (κ2) is 7.72. The number of carbonyl (C=O) groups excluding carboxylic acids is 2. The molecule has 0 aromatic rings. The van der Waals surface area contributed by atoms with E-state index in [9.17, 15) is 30.0 Å². The third kappa shape index (κ3) is 3.11. The van der Waals surface area contributed by atoms with Gasteiger partial charge in [0.25, 0.3) is 0 Å². The van der Waals surface area contributed by atoms with Crippen molar-refractivity contribution >= 4 is 11.8 Å². The Bertz CT molecular complexity index is 813. The Morgan fingerprint density at radius 2 is 1.80 bits per heavy atom. The number of rotatable bonds is 3. The average Bonchev–Trinajstić information content (AvgIpc) is 3.06. The normalized spacial score (nSPS) is 44.0. The Balaban J connectivity index is 1.66. The molecule has 1 unspecified atom stereocenters. The number of aliphatic hydroxyl groups excluding tert-OH is 4. The summed E-state index contributed by atoms with van der Waals surface area (Å²) in [6.45, 7) is 4.86. The number of aliphatic hydroxyl groups is 4. The van der Waals surface area contributed by atoms with Crippen LogP contribution in [0.1, 0.15) is 33.6 Å². The zero-order chi connectivity index (χ0) is 21.9. The highest BCUT2D eigenvalue weighted by atomic mass is 16.7. The number of carbonyl (C=O) groups is 2. The molecule has 0 spiro atoms. The van der Waals surface area contributed by atoms with Crippen LogP contribution in [0.3, 0.4) is 0 Å².